The number of nitrogens with two attached hydrogens (primary N) is 1. The third-order valence-corrected chi connectivity index (χ3v) is 4.71. The van der Waals surface area contributed by atoms with Gasteiger partial charge in [0.15, 0.2) is 0 Å². The van der Waals surface area contributed by atoms with Gasteiger partial charge in [-0.3, -0.25) is 0 Å². The Morgan fingerprint density at radius 3 is 2.30 bits per heavy atom. The number of carbonyl (C=O) groups excluding carboxylic acids is 1. The number of hydrogen-bond acceptors (Lipinski definition) is 5. The average molecular weight is 404 g/mol. The minimum atomic E-state index is -5.01. The monoisotopic (exact) mass is 404 g/mol. The molecule has 0 radical (unpaired) electrons. The second-order valence-corrected chi connectivity index (χ2v) is 6.94. The van der Waals surface area contributed by atoms with E-state index in [-0.39, 0.29) is 18.7 Å². The molecule has 146 valence electrons. The summed E-state index contributed by atoms with van der Waals surface area (Å²) < 4.78 is 72.4. The minimum absolute atomic E-state index is 0.0707. The molecule has 0 fully saturated rings. The van der Waals surface area contributed by atoms with Gasteiger partial charge in [0.25, 0.3) is 0 Å². The van der Waals surface area contributed by atoms with E-state index in [2.05, 4.69) is 14.2 Å². The van der Waals surface area contributed by atoms with Crippen molar-refractivity contribution in [3.05, 3.63) is 54.1 Å². The SMILES string of the molecule is NC(=O)Oc1ccc(CCNS(=O)(=O)c2ccccc2OC(F)(F)F)cc1. The van der Waals surface area contributed by atoms with Crippen molar-refractivity contribution in [1.82, 2.24) is 4.72 Å². The molecule has 0 atom stereocenters. The maximum atomic E-state index is 12.4. The third kappa shape index (κ3) is 6.46. The number of sulfonamides is 1. The Bertz CT molecular complexity index is 899. The number of amides is 1. The van der Waals surface area contributed by atoms with Crippen LogP contribution in [-0.2, 0) is 16.4 Å². The molecule has 2 aromatic carbocycles. The maximum absolute atomic E-state index is 12.4. The fraction of sp³-hybridized carbons (Fsp3) is 0.188. The molecule has 0 aliphatic carbocycles. The van der Waals surface area contributed by atoms with Gasteiger partial charge in [-0.1, -0.05) is 24.3 Å². The molecular formula is C16H15F3N2O5S. The number of para-hydroxylation sites is 1. The van der Waals surface area contributed by atoms with Gasteiger partial charge in [-0.15, -0.1) is 13.2 Å². The van der Waals surface area contributed by atoms with Crippen LogP contribution in [0.4, 0.5) is 18.0 Å². The lowest BCUT2D eigenvalue weighted by Crippen LogP contribution is -2.27. The van der Waals surface area contributed by atoms with E-state index in [9.17, 15) is 26.4 Å². The van der Waals surface area contributed by atoms with Crippen LogP contribution in [0.5, 0.6) is 11.5 Å². The molecule has 2 rings (SSSR count). The predicted molar refractivity (Wildman–Crippen MR) is 88.7 cm³/mol. The van der Waals surface area contributed by atoms with E-state index < -0.39 is 33.1 Å². The Hall–Kier alpha value is -2.79. The van der Waals surface area contributed by atoms with Crippen LogP contribution in [0.1, 0.15) is 5.56 Å². The Morgan fingerprint density at radius 2 is 1.70 bits per heavy atom. The van der Waals surface area contributed by atoms with Crippen LogP contribution in [0.2, 0.25) is 0 Å². The highest BCUT2D eigenvalue weighted by atomic mass is 32.2. The highest BCUT2D eigenvalue weighted by Crippen LogP contribution is 2.29. The Morgan fingerprint density at radius 1 is 1.07 bits per heavy atom. The molecule has 0 aromatic heterocycles. The maximum Gasteiger partial charge on any atom is 0.573 e. The number of benzene rings is 2. The van der Waals surface area contributed by atoms with Gasteiger partial charge in [-0.25, -0.2) is 17.9 Å². The number of rotatable bonds is 7. The van der Waals surface area contributed by atoms with Crippen LogP contribution in [-0.4, -0.2) is 27.4 Å². The van der Waals surface area contributed by atoms with Gasteiger partial charge >= 0.3 is 12.5 Å². The molecule has 3 N–H and O–H groups in total. The van der Waals surface area contributed by atoms with Crippen molar-refractivity contribution in [2.75, 3.05) is 6.54 Å². The minimum Gasteiger partial charge on any atom is -0.411 e. The van der Waals surface area contributed by atoms with Gasteiger partial charge in [0, 0.05) is 6.54 Å². The summed E-state index contributed by atoms with van der Waals surface area (Å²) in [4.78, 5) is 10.0. The predicted octanol–water partition coefficient (Wildman–Crippen LogP) is 2.56. The molecule has 0 heterocycles. The van der Waals surface area contributed by atoms with Crippen LogP contribution in [0.15, 0.2) is 53.4 Å². The molecule has 0 spiro atoms. The first-order valence-corrected chi connectivity index (χ1v) is 8.96. The van der Waals surface area contributed by atoms with E-state index in [4.69, 9.17) is 5.73 Å². The van der Waals surface area contributed by atoms with Crippen molar-refractivity contribution in [3.8, 4) is 11.5 Å². The summed E-state index contributed by atoms with van der Waals surface area (Å²) in [5, 5.41) is 0. The van der Waals surface area contributed by atoms with Gasteiger partial charge in [0.2, 0.25) is 10.0 Å². The molecule has 0 unspecified atom stereocenters. The van der Waals surface area contributed by atoms with Gasteiger partial charge < -0.3 is 15.2 Å². The second-order valence-electron chi connectivity index (χ2n) is 5.21. The van der Waals surface area contributed by atoms with E-state index in [1.165, 1.54) is 24.3 Å². The molecule has 7 nitrogen and oxygen atoms in total. The second kappa shape index (κ2) is 8.27. The van der Waals surface area contributed by atoms with Gasteiger partial charge in [0.1, 0.15) is 16.4 Å². The van der Waals surface area contributed by atoms with E-state index in [1.807, 2.05) is 0 Å². The molecule has 1 amide bonds. The molecule has 0 aliphatic heterocycles. The molecule has 0 saturated carbocycles. The Kier molecular flexibility index (Phi) is 6.28. The van der Waals surface area contributed by atoms with Crippen molar-refractivity contribution in [3.63, 3.8) is 0 Å². The first kappa shape index (κ1) is 20.5. The molecular weight excluding hydrogens is 389 g/mol. The first-order chi connectivity index (χ1) is 12.6. The van der Waals surface area contributed by atoms with Crippen molar-refractivity contribution in [2.24, 2.45) is 5.73 Å². The fourth-order valence-electron chi connectivity index (χ4n) is 2.13. The summed E-state index contributed by atoms with van der Waals surface area (Å²) in [5.41, 5.74) is 5.58. The smallest absolute Gasteiger partial charge is 0.411 e. The largest absolute Gasteiger partial charge is 0.573 e. The number of carbonyl (C=O) groups is 1. The normalized spacial score (nSPS) is 11.8. The van der Waals surface area contributed by atoms with Crippen molar-refractivity contribution in [2.45, 2.75) is 17.7 Å². The number of ether oxygens (including phenoxy) is 2. The summed E-state index contributed by atoms with van der Waals surface area (Å²) in [7, 11) is -4.22. The standard InChI is InChI=1S/C16H15F3N2O5S/c17-16(18,19)26-13-3-1-2-4-14(13)27(23,24)21-10-9-11-5-7-12(8-6-11)25-15(20)22/h1-8,21H,9-10H2,(H2,20,22). The van der Waals surface area contributed by atoms with E-state index in [0.717, 1.165) is 12.1 Å². The van der Waals surface area contributed by atoms with Crippen LogP contribution in [0.3, 0.4) is 0 Å². The molecule has 0 bridgehead atoms. The van der Waals surface area contributed by atoms with Crippen molar-refractivity contribution in [1.29, 1.82) is 0 Å². The van der Waals surface area contributed by atoms with E-state index in [1.54, 1.807) is 12.1 Å². The zero-order valence-corrected chi connectivity index (χ0v) is 14.5. The van der Waals surface area contributed by atoms with Crippen molar-refractivity contribution >= 4 is 16.1 Å². The van der Waals surface area contributed by atoms with E-state index >= 15 is 0 Å². The quantitative estimate of drug-likeness (QED) is 0.738. The molecule has 0 aliphatic rings. The number of primary amides is 1. The van der Waals surface area contributed by atoms with E-state index in [0.29, 0.717) is 5.56 Å². The van der Waals surface area contributed by atoms with Crippen LogP contribution in [0.25, 0.3) is 0 Å². The summed E-state index contributed by atoms with van der Waals surface area (Å²) in [5.74, 6) is -0.587. The van der Waals surface area contributed by atoms with Gasteiger partial charge in [-0.05, 0) is 36.2 Å². The average Bonchev–Trinajstić information content (AvgIpc) is 2.55. The Labute approximate surface area is 152 Å². The summed E-state index contributed by atoms with van der Waals surface area (Å²) in [6, 6.07) is 10.6. The van der Waals surface area contributed by atoms with Crippen LogP contribution >= 0.6 is 0 Å². The fourth-order valence-corrected chi connectivity index (χ4v) is 3.29. The summed E-state index contributed by atoms with van der Waals surface area (Å²) in [6.07, 6.45) is -5.73. The molecule has 27 heavy (non-hydrogen) atoms. The lowest BCUT2D eigenvalue weighted by atomic mass is 10.1. The lowest BCUT2D eigenvalue weighted by Gasteiger charge is -2.14. The summed E-state index contributed by atoms with van der Waals surface area (Å²) >= 11 is 0. The molecule has 2 aromatic rings. The number of alkyl halides is 3. The zero-order valence-electron chi connectivity index (χ0n) is 13.7. The summed E-state index contributed by atoms with van der Waals surface area (Å²) in [6.45, 7) is -0.0707. The third-order valence-electron chi connectivity index (χ3n) is 3.21. The first-order valence-electron chi connectivity index (χ1n) is 7.47. The lowest BCUT2D eigenvalue weighted by molar-refractivity contribution is -0.275. The van der Waals surface area contributed by atoms with Gasteiger partial charge in [-0.2, -0.15) is 0 Å². The van der Waals surface area contributed by atoms with Crippen LogP contribution < -0.4 is 19.9 Å². The van der Waals surface area contributed by atoms with Crippen molar-refractivity contribution < 1.29 is 35.9 Å². The molecule has 11 heteroatoms. The number of halogens is 3. The number of hydrogen-bond donors (Lipinski definition) is 2. The zero-order chi connectivity index (χ0) is 20.1. The highest BCUT2D eigenvalue weighted by molar-refractivity contribution is 7.89. The topological polar surface area (TPSA) is 108 Å². The van der Waals surface area contributed by atoms with Crippen LogP contribution in [0, 0.1) is 0 Å². The Balaban J connectivity index is 2.02. The number of nitrogens with one attached hydrogen (secondary N) is 1. The molecule has 0 saturated heterocycles. The van der Waals surface area contributed by atoms with Gasteiger partial charge in [0.05, 0.1) is 0 Å². The highest BCUT2D eigenvalue weighted by Gasteiger charge is 2.33.